The van der Waals surface area contributed by atoms with E-state index in [2.05, 4.69) is 15.9 Å². The highest BCUT2D eigenvalue weighted by atomic mass is 79.9. The zero-order chi connectivity index (χ0) is 32.0. The quantitative estimate of drug-likeness (QED) is 0.128. The summed E-state index contributed by atoms with van der Waals surface area (Å²) in [7, 11) is 0. The van der Waals surface area contributed by atoms with Crippen molar-refractivity contribution in [3.05, 3.63) is 35.9 Å². The molecule has 0 aliphatic carbocycles. The number of hydrogen-bond acceptors (Lipinski definition) is 11. The first-order valence-electron chi connectivity index (χ1n) is 13.3. The number of carbonyl (C=O) groups excluding carboxylic acids is 5. The van der Waals surface area contributed by atoms with Gasteiger partial charge in [-0.1, -0.05) is 46.3 Å². The van der Waals surface area contributed by atoms with E-state index in [1.807, 2.05) is 30.3 Å². The van der Waals surface area contributed by atoms with Crippen molar-refractivity contribution >= 4 is 46.0 Å². The van der Waals surface area contributed by atoms with E-state index in [9.17, 15) is 28.4 Å². The Morgan fingerprint density at radius 3 is 1.76 bits per heavy atom. The lowest BCUT2D eigenvalue weighted by molar-refractivity contribution is -0.170. The standard InChI is InChI=1S/C29H40BrFO11/c1-7-37-24(34)28(5,16-39-20(2)32)18-41-26(36)42-19-29(6,25(35)38-14-13-31)17-40-23(33)27(3,4)15-22(30)21-11-9-8-10-12-21/h8-12,22H,7,13-19H2,1-6H3. The molecule has 0 spiro atoms. The Bertz CT molecular complexity index is 1060. The monoisotopic (exact) mass is 662 g/mol. The highest BCUT2D eigenvalue weighted by molar-refractivity contribution is 9.09. The smallest absolute Gasteiger partial charge is 0.465 e. The summed E-state index contributed by atoms with van der Waals surface area (Å²) >= 11 is 3.59. The van der Waals surface area contributed by atoms with Crippen LogP contribution in [0.1, 0.15) is 58.4 Å². The van der Waals surface area contributed by atoms with Crippen molar-refractivity contribution < 1.29 is 56.8 Å². The zero-order valence-electron chi connectivity index (χ0n) is 24.9. The molecule has 3 atom stereocenters. The lowest BCUT2D eigenvalue weighted by Gasteiger charge is -2.30. The van der Waals surface area contributed by atoms with Crippen LogP contribution >= 0.6 is 15.9 Å². The molecule has 13 heteroatoms. The lowest BCUT2D eigenvalue weighted by atomic mass is 9.86. The minimum absolute atomic E-state index is 0.0381. The Balaban J connectivity index is 2.89. The molecule has 0 radical (unpaired) electrons. The van der Waals surface area contributed by atoms with Gasteiger partial charge in [-0.05, 0) is 46.6 Å². The molecular weight excluding hydrogens is 623 g/mol. The SMILES string of the molecule is CCOC(=O)C(C)(COC(C)=O)COC(=O)OCC(C)(COC(=O)C(C)(C)CC(Br)c1ccccc1)C(=O)OCCF. The maximum Gasteiger partial charge on any atom is 0.508 e. The Morgan fingerprint density at radius 2 is 1.26 bits per heavy atom. The number of benzene rings is 1. The normalized spacial score (nSPS) is 14.8. The molecule has 0 aliphatic rings. The molecule has 0 saturated heterocycles. The van der Waals surface area contributed by atoms with Gasteiger partial charge in [0.2, 0.25) is 0 Å². The molecule has 0 heterocycles. The van der Waals surface area contributed by atoms with Gasteiger partial charge >= 0.3 is 30.0 Å². The molecule has 3 unspecified atom stereocenters. The first-order valence-corrected chi connectivity index (χ1v) is 14.2. The summed E-state index contributed by atoms with van der Waals surface area (Å²) in [4.78, 5) is 61.7. The highest BCUT2D eigenvalue weighted by Crippen LogP contribution is 2.37. The van der Waals surface area contributed by atoms with Gasteiger partial charge in [0.15, 0.2) is 0 Å². The third kappa shape index (κ3) is 11.9. The van der Waals surface area contributed by atoms with E-state index in [4.69, 9.17) is 28.4 Å². The van der Waals surface area contributed by atoms with E-state index in [-0.39, 0.29) is 11.4 Å². The minimum atomic E-state index is -1.71. The molecule has 0 aromatic heterocycles. The number of carbonyl (C=O) groups is 5. The summed E-state index contributed by atoms with van der Waals surface area (Å²) in [6.07, 6.45) is -0.900. The van der Waals surface area contributed by atoms with Gasteiger partial charge in [0.1, 0.15) is 50.5 Å². The molecule has 11 nitrogen and oxygen atoms in total. The van der Waals surface area contributed by atoms with Crippen LogP contribution in [0.5, 0.6) is 0 Å². The maximum atomic E-state index is 13.0. The molecule has 0 bridgehead atoms. The number of halogens is 2. The van der Waals surface area contributed by atoms with E-state index in [1.165, 1.54) is 13.8 Å². The van der Waals surface area contributed by atoms with Crippen LogP contribution in [-0.4, -0.2) is 76.3 Å². The minimum Gasteiger partial charge on any atom is -0.465 e. The van der Waals surface area contributed by atoms with Gasteiger partial charge in [-0.2, -0.15) is 0 Å². The predicted molar refractivity (Wildman–Crippen MR) is 151 cm³/mol. The molecule has 1 aromatic rings. The molecule has 0 saturated carbocycles. The Labute approximate surface area is 253 Å². The van der Waals surface area contributed by atoms with Crippen molar-refractivity contribution in [2.45, 2.75) is 52.8 Å². The fourth-order valence-electron chi connectivity index (χ4n) is 3.40. The number of esters is 4. The molecule has 236 valence electrons. The summed E-state index contributed by atoms with van der Waals surface area (Å²) in [5.74, 6) is -3.01. The topological polar surface area (TPSA) is 141 Å². The lowest BCUT2D eigenvalue weighted by Crippen LogP contribution is -2.43. The van der Waals surface area contributed by atoms with Gasteiger partial charge in [0, 0.05) is 11.8 Å². The van der Waals surface area contributed by atoms with Gasteiger partial charge < -0.3 is 28.4 Å². The summed E-state index contributed by atoms with van der Waals surface area (Å²) in [6, 6.07) is 9.48. The van der Waals surface area contributed by atoms with E-state index >= 15 is 0 Å². The second kappa shape index (κ2) is 17.0. The summed E-state index contributed by atoms with van der Waals surface area (Å²) in [5, 5.41) is 0. The second-order valence-electron chi connectivity index (χ2n) is 10.8. The number of rotatable bonds is 17. The predicted octanol–water partition coefficient (Wildman–Crippen LogP) is 4.89. The van der Waals surface area contributed by atoms with Crippen LogP contribution in [0.4, 0.5) is 9.18 Å². The van der Waals surface area contributed by atoms with Gasteiger partial charge in [-0.3, -0.25) is 19.2 Å². The zero-order valence-corrected chi connectivity index (χ0v) is 26.5. The van der Waals surface area contributed by atoms with Crippen LogP contribution in [0, 0.1) is 16.2 Å². The van der Waals surface area contributed by atoms with E-state index in [1.54, 1.807) is 20.8 Å². The van der Waals surface area contributed by atoms with Crippen molar-refractivity contribution in [2.75, 3.05) is 46.3 Å². The van der Waals surface area contributed by atoms with Crippen molar-refractivity contribution in [1.82, 2.24) is 0 Å². The first kappa shape index (κ1) is 36.8. The van der Waals surface area contributed by atoms with E-state index in [0.717, 1.165) is 12.5 Å². The average molecular weight is 664 g/mol. The van der Waals surface area contributed by atoms with Gasteiger partial charge in [0.05, 0.1) is 12.0 Å². The van der Waals surface area contributed by atoms with Crippen LogP contribution < -0.4 is 0 Å². The van der Waals surface area contributed by atoms with Crippen LogP contribution in [-0.2, 0) is 47.6 Å². The van der Waals surface area contributed by atoms with E-state index < -0.39 is 86.0 Å². The fraction of sp³-hybridized carbons (Fsp3) is 0.621. The van der Waals surface area contributed by atoms with Crippen LogP contribution in [0.2, 0.25) is 0 Å². The van der Waals surface area contributed by atoms with Crippen LogP contribution in [0.15, 0.2) is 30.3 Å². The number of alkyl halides is 2. The fourth-order valence-corrected chi connectivity index (χ4v) is 4.51. The Kier molecular flexibility index (Phi) is 14.9. The highest BCUT2D eigenvalue weighted by Gasteiger charge is 2.42. The second-order valence-corrected chi connectivity index (χ2v) is 11.9. The summed E-state index contributed by atoms with van der Waals surface area (Å²) in [6.45, 7) is 5.16. The van der Waals surface area contributed by atoms with Gasteiger partial charge in [-0.25, -0.2) is 9.18 Å². The molecule has 0 fully saturated rings. The van der Waals surface area contributed by atoms with Crippen molar-refractivity contribution in [1.29, 1.82) is 0 Å². The largest absolute Gasteiger partial charge is 0.508 e. The van der Waals surface area contributed by atoms with Crippen molar-refractivity contribution in [2.24, 2.45) is 16.2 Å². The van der Waals surface area contributed by atoms with E-state index in [0.29, 0.717) is 6.42 Å². The third-order valence-corrected chi connectivity index (χ3v) is 6.96. The molecule has 1 aromatic carbocycles. The summed E-state index contributed by atoms with van der Waals surface area (Å²) in [5.41, 5.74) is -3.25. The summed E-state index contributed by atoms with van der Waals surface area (Å²) < 4.78 is 43.1. The molecule has 0 aliphatic heterocycles. The average Bonchev–Trinajstić information content (AvgIpc) is 2.95. The molecule has 0 amide bonds. The molecule has 42 heavy (non-hydrogen) atoms. The van der Waals surface area contributed by atoms with Gasteiger partial charge in [-0.15, -0.1) is 0 Å². The number of ether oxygens (including phenoxy) is 6. The van der Waals surface area contributed by atoms with Crippen molar-refractivity contribution in [3.8, 4) is 0 Å². The van der Waals surface area contributed by atoms with Crippen LogP contribution in [0.3, 0.4) is 0 Å². The number of hydrogen-bond donors (Lipinski definition) is 0. The Hall–Kier alpha value is -3.22. The molecule has 1 rings (SSSR count). The molecule has 0 N–H and O–H groups in total. The molecular formula is C29H40BrFO11. The first-order chi connectivity index (χ1) is 19.6. The van der Waals surface area contributed by atoms with Crippen LogP contribution in [0.25, 0.3) is 0 Å². The third-order valence-electron chi connectivity index (χ3n) is 6.11. The maximum absolute atomic E-state index is 13.0. The Morgan fingerprint density at radius 1 is 0.762 bits per heavy atom. The van der Waals surface area contributed by atoms with Gasteiger partial charge in [0.25, 0.3) is 0 Å². The van der Waals surface area contributed by atoms with Crippen molar-refractivity contribution in [3.63, 3.8) is 0 Å².